The first-order valence-corrected chi connectivity index (χ1v) is 7.19. The number of rotatable bonds is 2. The molecule has 0 spiro atoms. The van der Waals surface area contributed by atoms with E-state index in [0.717, 1.165) is 32.2 Å². The van der Waals surface area contributed by atoms with E-state index in [4.69, 9.17) is 4.42 Å². The molecule has 1 aromatic rings. The van der Waals surface area contributed by atoms with E-state index < -0.39 is 5.60 Å². The van der Waals surface area contributed by atoms with Crippen molar-refractivity contribution in [1.82, 2.24) is 4.90 Å². The molecule has 104 valence electrons. The van der Waals surface area contributed by atoms with Crippen LogP contribution in [0.4, 0.5) is 0 Å². The number of amides is 1. The van der Waals surface area contributed by atoms with Crippen LogP contribution in [0.3, 0.4) is 0 Å². The van der Waals surface area contributed by atoms with Crippen molar-refractivity contribution in [3.63, 3.8) is 0 Å². The molecule has 1 N–H and O–H groups in total. The largest absolute Gasteiger partial charge is 0.459 e. The molecule has 19 heavy (non-hydrogen) atoms. The molecule has 4 nitrogen and oxygen atoms in total. The summed E-state index contributed by atoms with van der Waals surface area (Å²) in [6.07, 6.45) is 5.35. The van der Waals surface area contributed by atoms with Crippen LogP contribution in [0.25, 0.3) is 0 Å². The highest BCUT2D eigenvalue weighted by atomic mass is 16.3. The van der Waals surface area contributed by atoms with Crippen molar-refractivity contribution in [3.05, 3.63) is 24.2 Å². The highest BCUT2D eigenvalue weighted by Crippen LogP contribution is 2.44. The van der Waals surface area contributed by atoms with Gasteiger partial charge in [-0.05, 0) is 37.3 Å². The maximum Gasteiger partial charge on any atom is 0.289 e. The lowest BCUT2D eigenvalue weighted by Gasteiger charge is -2.40. The van der Waals surface area contributed by atoms with Gasteiger partial charge in [-0.15, -0.1) is 0 Å². The zero-order valence-electron chi connectivity index (χ0n) is 11.3. The van der Waals surface area contributed by atoms with E-state index in [1.165, 1.54) is 6.26 Å². The molecule has 0 radical (unpaired) electrons. The van der Waals surface area contributed by atoms with Crippen molar-refractivity contribution in [2.24, 2.45) is 11.8 Å². The van der Waals surface area contributed by atoms with Gasteiger partial charge in [0.05, 0.1) is 11.9 Å². The van der Waals surface area contributed by atoms with Crippen molar-refractivity contribution in [2.45, 2.75) is 38.2 Å². The smallest absolute Gasteiger partial charge is 0.289 e. The van der Waals surface area contributed by atoms with Crippen LogP contribution in [0.5, 0.6) is 0 Å². The second-order valence-corrected chi connectivity index (χ2v) is 5.90. The second kappa shape index (κ2) is 4.67. The summed E-state index contributed by atoms with van der Waals surface area (Å²) >= 11 is 0. The molecule has 2 heterocycles. The fourth-order valence-corrected chi connectivity index (χ4v) is 3.79. The number of furan rings is 1. The lowest BCUT2D eigenvalue weighted by atomic mass is 9.69. The molecule has 0 aromatic carbocycles. The summed E-state index contributed by atoms with van der Waals surface area (Å²) in [5, 5.41) is 10.7. The van der Waals surface area contributed by atoms with Crippen molar-refractivity contribution >= 4 is 5.91 Å². The molecule has 0 unspecified atom stereocenters. The topological polar surface area (TPSA) is 53.7 Å². The normalized spacial score (nSPS) is 34.3. The molecule has 4 heteroatoms. The average Bonchev–Trinajstić information content (AvgIpc) is 3.08. The molecule has 3 rings (SSSR count). The Hall–Kier alpha value is -1.29. The van der Waals surface area contributed by atoms with Crippen LogP contribution in [-0.4, -0.2) is 34.6 Å². The first-order chi connectivity index (χ1) is 9.14. The Balaban J connectivity index is 1.77. The van der Waals surface area contributed by atoms with E-state index >= 15 is 0 Å². The predicted molar refractivity (Wildman–Crippen MR) is 70.7 cm³/mol. The number of hydrogen-bond acceptors (Lipinski definition) is 3. The van der Waals surface area contributed by atoms with Crippen molar-refractivity contribution in [2.75, 3.05) is 13.1 Å². The first kappa shape index (κ1) is 12.7. The van der Waals surface area contributed by atoms with Gasteiger partial charge in [-0.3, -0.25) is 4.79 Å². The van der Waals surface area contributed by atoms with Gasteiger partial charge in [0.15, 0.2) is 5.76 Å². The second-order valence-electron chi connectivity index (χ2n) is 5.90. The monoisotopic (exact) mass is 263 g/mol. The number of fused-ring (bicyclic) bond motifs is 1. The van der Waals surface area contributed by atoms with Gasteiger partial charge in [-0.1, -0.05) is 13.3 Å². The number of aliphatic hydroxyl groups is 1. The zero-order chi connectivity index (χ0) is 13.5. The molecule has 1 aliphatic carbocycles. The molecule has 1 aliphatic heterocycles. The molecule has 1 saturated carbocycles. The minimum atomic E-state index is -0.582. The molecule has 1 amide bonds. The van der Waals surface area contributed by atoms with Crippen LogP contribution < -0.4 is 0 Å². The fraction of sp³-hybridized carbons (Fsp3) is 0.667. The number of carbonyl (C=O) groups excluding carboxylic acids is 1. The minimum absolute atomic E-state index is 0.0437. The predicted octanol–water partition coefficient (Wildman–Crippen LogP) is 2.29. The Morgan fingerprint density at radius 2 is 2.42 bits per heavy atom. The summed E-state index contributed by atoms with van der Waals surface area (Å²) in [7, 11) is 0. The van der Waals surface area contributed by atoms with Crippen LogP contribution in [0.15, 0.2) is 22.8 Å². The molecule has 0 bridgehead atoms. The fourth-order valence-electron chi connectivity index (χ4n) is 3.79. The Bertz CT molecular complexity index is 456. The van der Waals surface area contributed by atoms with Crippen LogP contribution in [-0.2, 0) is 0 Å². The van der Waals surface area contributed by atoms with Crippen molar-refractivity contribution < 1.29 is 14.3 Å². The summed E-state index contributed by atoms with van der Waals surface area (Å²) in [5.74, 6) is 1.03. The summed E-state index contributed by atoms with van der Waals surface area (Å²) in [4.78, 5) is 14.1. The Morgan fingerprint density at radius 3 is 3.11 bits per heavy atom. The molecule has 2 fully saturated rings. The van der Waals surface area contributed by atoms with Crippen LogP contribution in [0, 0.1) is 11.8 Å². The lowest BCUT2D eigenvalue weighted by molar-refractivity contribution is -0.0609. The number of hydrogen-bond donors (Lipinski definition) is 1. The summed E-state index contributed by atoms with van der Waals surface area (Å²) < 4.78 is 5.19. The molecule has 1 aromatic heterocycles. The van der Waals surface area contributed by atoms with Gasteiger partial charge in [-0.25, -0.2) is 0 Å². The molecular weight excluding hydrogens is 242 g/mol. The minimum Gasteiger partial charge on any atom is -0.459 e. The zero-order valence-corrected chi connectivity index (χ0v) is 11.3. The molecule has 2 aliphatic rings. The van der Waals surface area contributed by atoms with Gasteiger partial charge in [0.25, 0.3) is 5.91 Å². The lowest BCUT2D eigenvalue weighted by Crippen LogP contribution is -2.44. The maximum absolute atomic E-state index is 12.3. The molecule has 1 saturated heterocycles. The number of nitrogens with zero attached hydrogens (tertiary/aromatic N) is 1. The summed E-state index contributed by atoms with van der Waals surface area (Å²) in [6.45, 7) is 3.46. The maximum atomic E-state index is 12.3. The third kappa shape index (κ3) is 2.08. The van der Waals surface area contributed by atoms with Gasteiger partial charge >= 0.3 is 0 Å². The van der Waals surface area contributed by atoms with Gasteiger partial charge in [-0.2, -0.15) is 0 Å². The van der Waals surface area contributed by atoms with E-state index in [1.807, 2.05) is 11.8 Å². The van der Waals surface area contributed by atoms with Gasteiger partial charge in [0, 0.05) is 19.0 Å². The highest BCUT2D eigenvalue weighted by Gasteiger charge is 2.48. The standard InChI is InChI=1S/C15H21NO3/c1-2-15(18)7-3-5-11-9-16(10-12(11)15)14(17)13-6-4-8-19-13/h4,6,8,11-12,18H,2-3,5,7,9-10H2,1H3/t11-,12+,15-/m1/s1. The van der Waals surface area contributed by atoms with Gasteiger partial charge < -0.3 is 14.4 Å². The number of likely N-dealkylation sites (tertiary alicyclic amines) is 1. The van der Waals surface area contributed by atoms with Gasteiger partial charge in [0.1, 0.15) is 0 Å². The molecule has 3 atom stereocenters. The van der Waals surface area contributed by atoms with E-state index in [1.54, 1.807) is 12.1 Å². The Morgan fingerprint density at radius 1 is 1.58 bits per heavy atom. The summed E-state index contributed by atoms with van der Waals surface area (Å²) in [5.41, 5.74) is -0.582. The van der Waals surface area contributed by atoms with E-state index in [9.17, 15) is 9.90 Å². The first-order valence-electron chi connectivity index (χ1n) is 7.19. The average molecular weight is 263 g/mol. The quantitative estimate of drug-likeness (QED) is 0.890. The van der Waals surface area contributed by atoms with Crippen LogP contribution >= 0.6 is 0 Å². The van der Waals surface area contributed by atoms with Crippen molar-refractivity contribution in [3.8, 4) is 0 Å². The molecular formula is C15H21NO3. The Kier molecular flexibility index (Phi) is 3.13. The van der Waals surface area contributed by atoms with E-state index in [-0.39, 0.29) is 11.8 Å². The van der Waals surface area contributed by atoms with Gasteiger partial charge in [0.2, 0.25) is 0 Å². The highest BCUT2D eigenvalue weighted by molar-refractivity contribution is 5.91. The number of carbonyl (C=O) groups is 1. The summed E-state index contributed by atoms with van der Waals surface area (Å²) in [6, 6.07) is 3.44. The third-order valence-electron chi connectivity index (χ3n) is 4.95. The SMILES string of the molecule is CC[C@@]1(O)CCC[C@@H]2CN(C(=O)c3ccco3)C[C@@H]21. The van der Waals surface area contributed by atoms with Crippen LogP contribution in [0.2, 0.25) is 0 Å². The third-order valence-corrected chi connectivity index (χ3v) is 4.95. The van der Waals surface area contributed by atoms with E-state index in [0.29, 0.717) is 18.2 Å². The van der Waals surface area contributed by atoms with Crippen molar-refractivity contribution in [1.29, 1.82) is 0 Å². The van der Waals surface area contributed by atoms with E-state index in [2.05, 4.69) is 0 Å². The van der Waals surface area contributed by atoms with Crippen LogP contribution in [0.1, 0.15) is 43.2 Å². The Labute approximate surface area is 113 Å².